The molecule has 0 spiro atoms. The van der Waals surface area contributed by atoms with Crippen molar-refractivity contribution in [3.05, 3.63) is 35.6 Å². The molecule has 2 saturated carbocycles. The molecule has 0 radical (unpaired) electrons. The third-order valence-electron chi connectivity index (χ3n) is 4.88. The van der Waals surface area contributed by atoms with Gasteiger partial charge in [-0.3, -0.25) is 4.79 Å². The molecule has 2 bridgehead atoms. The fraction of sp³-hybridized carbons (Fsp3) is 0.562. The zero-order chi connectivity index (χ0) is 13.4. The van der Waals surface area contributed by atoms with Crippen molar-refractivity contribution < 1.29 is 13.9 Å². The summed E-state index contributed by atoms with van der Waals surface area (Å²) in [6.45, 7) is 0. The zero-order valence-corrected chi connectivity index (χ0v) is 11.1. The van der Waals surface area contributed by atoms with Gasteiger partial charge in [-0.2, -0.15) is 0 Å². The summed E-state index contributed by atoms with van der Waals surface area (Å²) >= 11 is 0. The van der Waals surface area contributed by atoms with E-state index in [0.29, 0.717) is 5.92 Å². The van der Waals surface area contributed by atoms with E-state index in [1.807, 2.05) is 12.1 Å². The van der Waals surface area contributed by atoms with E-state index in [2.05, 4.69) is 0 Å². The number of fused-ring (bicyclic) bond motifs is 2. The summed E-state index contributed by atoms with van der Waals surface area (Å²) in [5.74, 6) is 0.993. The Morgan fingerprint density at radius 1 is 1.21 bits per heavy atom. The van der Waals surface area contributed by atoms with Gasteiger partial charge in [0.25, 0.3) is 0 Å². The van der Waals surface area contributed by atoms with Gasteiger partial charge in [0.05, 0.1) is 13.0 Å². The second kappa shape index (κ2) is 4.95. The number of rotatable bonds is 2. The Kier molecular flexibility index (Phi) is 3.29. The normalized spacial score (nSPS) is 33.2. The second-order valence-electron chi connectivity index (χ2n) is 5.88. The van der Waals surface area contributed by atoms with Gasteiger partial charge in [0.1, 0.15) is 5.82 Å². The van der Waals surface area contributed by atoms with E-state index >= 15 is 0 Å². The number of halogens is 1. The monoisotopic (exact) mass is 262 g/mol. The average Bonchev–Trinajstić information content (AvgIpc) is 2.80. The molecule has 1 aromatic carbocycles. The van der Waals surface area contributed by atoms with Crippen molar-refractivity contribution in [2.24, 2.45) is 17.8 Å². The molecule has 102 valence electrons. The van der Waals surface area contributed by atoms with Crippen LogP contribution in [0.25, 0.3) is 0 Å². The molecule has 3 rings (SSSR count). The second-order valence-corrected chi connectivity index (χ2v) is 5.88. The van der Waals surface area contributed by atoms with E-state index in [4.69, 9.17) is 4.74 Å². The van der Waals surface area contributed by atoms with Gasteiger partial charge in [0, 0.05) is 0 Å². The van der Waals surface area contributed by atoms with Gasteiger partial charge < -0.3 is 4.74 Å². The summed E-state index contributed by atoms with van der Waals surface area (Å²) < 4.78 is 18.1. The SMILES string of the molecule is COC(=O)C1C(c2ccc(F)cc2)C[C@@H]2CC[C@H]1C2. The Morgan fingerprint density at radius 2 is 1.95 bits per heavy atom. The predicted octanol–water partition coefficient (Wildman–Crippen LogP) is 3.52. The maximum Gasteiger partial charge on any atom is 0.309 e. The fourth-order valence-corrected chi connectivity index (χ4v) is 4.03. The quantitative estimate of drug-likeness (QED) is 0.762. The first-order valence-electron chi connectivity index (χ1n) is 7.02. The van der Waals surface area contributed by atoms with Crippen molar-refractivity contribution in [1.29, 1.82) is 0 Å². The predicted molar refractivity (Wildman–Crippen MR) is 70.1 cm³/mol. The lowest BCUT2D eigenvalue weighted by Crippen LogP contribution is -2.33. The molecule has 2 fully saturated rings. The number of carbonyl (C=O) groups is 1. The minimum absolute atomic E-state index is 0.0470. The Labute approximate surface area is 113 Å². The highest BCUT2D eigenvalue weighted by atomic mass is 19.1. The molecule has 1 aromatic rings. The number of esters is 1. The van der Waals surface area contributed by atoms with Gasteiger partial charge in [-0.1, -0.05) is 18.6 Å². The summed E-state index contributed by atoms with van der Waals surface area (Å²) in [5, 5.41) is 0. The molecule has 2 nitrogen and oxygen atoms in total. The lowest BCUT2D eigenvalue weighted by molar-refractivity contribution is -0.149. The van der Waals surface area contributed by atoms with Gasteiger partial charge in [-0.25, -0.2) is 4.39 Å². The summed E-state index contributed by atoms with van der Waals surface area (Å²) in [6, 6.07) is 6.61. The molecule has 2 aliphatic rings. The van der Waals surface area contributed by atoms with Crippen molar-refractivity contribution in [1.82, 2.24) is 0 Å². The first-order valence-corrected chi connectivity index (χ1v) is 7.02. The molecule has 0 amide bonds. The van der Waals surface area contributed by atoms with Crippen LogP contribution >= 0.6 is 0 Å². The van der Waals surface area contributed by atoms with E-state index in [1.54, 1.807) is 0 Å². The molecule has 0 aromatic heterocycles. The summed E-state index contributed by atoms with van der Waals surface area (Å²) in [6.07, 6.45) is 4.53. The molecule has 0 saturated heterocycles. The minimum atomic E-state index is -0.225. The number of benzene rings is 1. The minimum Gasteiger partial charge on any atom is -0.469 e. The summed E-state index contributed by atoms with van der Waals surface area (Å²) in [5.41, 5.74) is 1.08. The Balaban J connectivity index is 1.92. The Morgan fingerprint density at radius 3 is 2.63 bits per heavy atom. The number of ether oxygens (including phenoxy) is 1. The molecule has 4 atom stereocenters. The van der Waals surface area contributed by atoms with Gasteiger partial charge in [0.15, 0.2) is 0 Å². The van der Waals surface area contributed by atoms with Crippen LogP contribution in [0.4, 0.5) is 4.39 Å². The molecular formula is C16H19FO2. The molecular weight excluding hydrogens is 243 g/mol. The van der Waals surface area contributed by atoms with E-state index in [0.717, 1.165) is 30.7 Å². The first-order chi connectivity index (χ1) is 9.19. The molecule has 0 heterocycles. The number of methoxy groups -OCH3 is 1. The lowest BCUT2D eigenvalue weighted by Gasteiger charge is -2.35. The van der Waals surface area contributed by atoms with Crippen LogP contribution in [0.5, 0.6) is 0 Å². The number of hydrogen-bond acceptors (Lipinski definition) is 2. The van der Waals surface area contributed by atoms with Crippen molar-refractivity contribution in [3.8, 4) is 0 Å². The van der Waals surface area contributed by atoms with Crippen LogP contribution in [-0.2, 0) is 9.53 Å². The summed E-state index contributed by atoms with van der Waals surface area (Å²) in [4.78, 5) is 12.1. The number of hydrogen-bond donors (Lipinski definition) is 0. The highest BCUT2D eigenvalue weighted by Gasteiger charge is 2.46. The van der Waals surface area contributed by atoms with Gasteiger partial charge >= 0.3 is 5.97 Å². The highest BCUT2D eigenvalue weighted by molar-refractivity contribution is 5.74. The average molecular weight is 262 g/mol. The first kappa shape index (κ1) is 12.6. The largest absolute Gasteiger partial charge is 0.469 e. The van der Waals surface area contributed by atoms with Crippen molar-refractivity contribution >= 4 is 5.97 Å². The number of carbonyl (C=O) groups excluding carboxylic acids is 1. The van der Waals surface area contributed by atoms with Crippen LogP contribution in [-0.4, -0.2) is 13.1 Å². The standard InChI is InChI=1S/C16H19FO2/c1-19-16(18)15-12-3-2-10(8-12)9-14(15)11-4-6-13(17)7-5-11/h4-7,10,12,14-15H,2-3,8-9H2,1H3/t10-,12+,14?,15?/m1/s1. The smallest absolute Gasteiger partial charge is 0.309 e. The van der Waals surface area contributed by atoms with Crippen LogP contribution in [0.15, 0.2) is 24.3 Å². The lowest BCUT2D eigenvalue weighted by atomic mass is 9.69. The van der Waals surface area contributed by atoms with Gasteiger partial charge in [0.2, 0.25) is 0 Å². The van der Waals surface area contributed by atoms with Crippen molar-refractivity contribution in [2.45, 2.75) is 31.6 Å². The van der Waals surface area contributed by atoms with Crippen molar-refractivity contribution in [2.75, 3.05) is 7.11 Å². The molecule has 3 heteroatoms. The molecule has 19 heavy (non-hydrogen) atoms. The Bertz CT molecular complexity index is 468. The van der Waals surface area contributed by atoms with E-state index in [-0.39, 0.29) is 23.6 Å². The van der Waals surface area contributed by atoms with Crippen LogP contribution in [0.1, 0.15) is 37.2 Å². The van der Waals surface area contributed by atoms with Gasteiger partial charge in [-0.15, -0.1) is 0 Å². The Hall–Kier alpha value is -1.38. The van der Waals surface area contributed by atoms with Crippen LogP contribution < -0.4 is 0 Å². The van der Waals surface area contributed by atoms with Crippen molar-refractivity contribution in [3.63, 3.8) is 0 Å². The van der Waals surface area contributed by atoms with Gasteiger partial charge in [-0.05, 0) is 54.7 Å². The molecule has 0 aliphatic heterocycles. The maximum absolute atomic E-state index is 13.0. The topological polar surface area (TPSA) is 26.3 Å². The highest BCUT2D eigenvalue weighted by Crippen LogP contribution is 2.52. The van der Waals surface area contributed by atoms with E-state index in [9.17, 15) is 9.18 Å². The van der Waals surface area contributed by atoms with Crippen LogP contribution in [0, 0.1) is 23.6 Å². The third kappa shape index (κ3) is 2.26. The van der Waals surface area contributed by atoms with Crippen LogP contribution in [0.3, 0.4) is 0 Å². The van der Waals surface area contributed by atoms with Crippen LogP contribution in [0.2, 0.25) is 0 Å². The van der Waals surface area contributed by atoms with E-state index in [1.165, 1.54) is 25.7 Å². The maximum atomic E-state index is 13.0. The molecule has 2 unspecified atom stereocenters. The molecule has 0 N–H and O–H groups in total. The molecule has 2 aliphatic carbocycles. The van der Waals surface area contributed by atoms with E-state index < -0.39 is 0 Å². The zero-order valence-electron chi connectivity index (χ0n) is 11.1. The fourth-order valence-electron chi connectivity index (χ4n) is 4.03. The third-order valence-corrected chi connectivity index (χ3v) is 4.88. The summed E-state index contributed by atoms with van der Waals surface area (Å²) in [7, 11) is 1.46.